The highest BCUT2D eigenvalue weighted by atomic mass is 19.1. The van der Waals surface area contributed by atoms with Crippen LogP contribution in [0.25, 0.3) is 16.9 Å². The molecule has 1 aromatic heterocycles. The van der Waals surface area contributed by atoms with Gasteiger partial charge in [-0.05, 0) is 49.6 Å². The maximum atomic E-state index is 14.4. The standard InChI is InChI=1S/C20H17F2N3O2/c21-13-7-8-15(17(22)11-13)18-16-6-1-2-9-23-19(16)25(24-18)14-5-3-4-12(10-14)20(26)27/h3-5,7-8,10-11,23H,1-2,6,9H2,(H,26,27). The van der Waals surface area contributed by atoms with Crippen LogP contribution < -0.4 is 5.32 Å². The molecule has 0 radical (unpaired) electrons. The molecular formula is C20H17F2N3O2. The summed E-state index contributed by atoms with van der Waals surface area (Å²) in [6, 6.07) is 9.85. The van der Waals surface area contributed by atoms with Crippen molar-refractivity contribution in [3.8, 4) is 16.9 Å². The summed E-state index contributed by atoms with van der Waals surface area (Å²) in [7, 11) is 0. The van der Waals surface area contributed by atoms with E-state index in [1.54, 1.807) is 16.8 Å². The Balaban J connectivity index is 1.92. The molecule has 2 heterocycles. The summed E-state index contributed by atoms with van der Waals surface area (Å²) in [4.78, 5) is 11.3. The predicted molar refractivity (Wildman–Crippen MR) is 97.3 cm³/mol. The fraction of sp³-hybridized carbons (Fsp3) is 0.200. The Morgan fingerprint density at radius 2 is 2.00 bits per heavy atom. The third-order valence-electron chi connectivity index (χ3n) is 4.65. The zero-order chi connectivity index (χ0) is 19.0. The Morgan fingerprint density at radius 1 is 1.15 bits per heavy atom. The SMILES string of the molecule is O=C(O)c1cccc(-n2nc(-c3ccc(F)cc3F)c3c2NCCCC3)c1. The maximum Gasteiger partial charge on any atom is 0.335 e. The van der Waals surface area contributed by atoms with Crippen molar-refractivity contribution in [2.24, 2.45) is 0 Å². The molecular weight excluding hydrogens is 352 g/mol. The first-order valence-corrected chi connectivity index (χ1v) is 8.69. The maximum absolute atomic E-state index is 14.4. The summed E-state index contributed by atoms with van der Waals surface area (Å²) in [5, 5.41) is 17.1. The van der Waals surface area contributed by atoms with E-state index >= 15 is 0 Å². The molecule has 2 aromatic carbocycles. The van der Waals surface area contributed by atoms with Gasteiger partial charge >= 0.3 is 5.97 Å². The first-order chi connectivity index (χ1) is 13.0. The third kappa shape index (κ3) is 3.16. The van der Waals surface area contributed by atoms with Gasteiger partial charge < -0.3 is 10.4 Å². The van der Waals surface area contributed by atoms with Crippen LogP contribution in [0, 0.1) is 11.6 Å². The Morgan fingerprint density at radius 3 is 2.78 bits per heavy atom. The molecule has 0 saturated heterocycles. The third-order valence-corrected chi connectivity index (χ3v) is 4.65. The summed E-state index contributed by atoms with van der Waals surface area (Å²) >= 11 is 0. The van der Waals surface area contributed by atoms with E-state index < -0.39 is 17.6 Å². The van der Waals surface area contributed by atoms with Gasteiger partial charge in [0, 0.05) is 23.7 Å². The van der Waals surface area contributed by atoms with E-state index in [0.29, 0.717) is 23.6 Å². The molecule has 3 aromatic rings. The molecule has 0 bridgehead atoms. The number of rotatable bonds is 3. The number of carboxylic acids is 1. The van der Waals surface area contributed by atoms with Crippen LogP contribution in [0.2, 0.25) is 0 Å². The number of nitrogens with zero attached hydrogens (tertiary/aromatic N) is 2. The smallest absolute Gasteiger partial charge is 0.335 e. The van der Waals surface area contributed by atoms with Gasteiger partial charge in [0.2, 0.25) is 0 Å². The van der Waals surface area contributed by atoms with Crippen LogP contribution in [0.4, 0.5) is 14.6 Å². The molecule has 0 aliphatic carbocycles. The molecule has 27 heavy (non-hydrogen) atoms. The highest BCUT2D eigenvalue weighted by Crippen LogP contribution is 2.35. The van der Waals surface area contributed by atoms with Gasteiger partial charge in [-0.3, -0.25) is 0 Å². The molecule has 4 rings (SSSR count). The summed E-state index contributed by atoms with van der Waals surface area (Å²) in [6.45, 7) is 0.739. The van der Waals surface area contributed by atoms with Crippen LogP contribution >= 0.6 is 0 Å². The fourth-order valence-corrected chi connectivity index (χ4v) is 3.36. The number of anilines is 1. The van der Waals surface area contributed by atoms with Crippen molar-refractivity contribution in [2.75, 3.05) is 11.9 Å². The molecule has 5 nitrogen and oxygen atoms in total. The highest BCUT2D eigenvalue weighted by Gasteiger charge is 2.23. The number of carbonyl (C=O) groups is 1. The van der Waals surface area contributed by atoms with E-state index in [2.05, 4.69) is 10.4 Å². The van der Waals surface area contributed by atoms with Gasteiger partial charge in [-0.25, -0.2) is 18.3 Å². The van der Waals surface area contributed by atoms with Gasteiger partial charge in [0.1, 0.15) is 23.1 Å². The van der Waals surface area contributed by atoms with Crippen LogP contribution in [0.5, 0.6) is 0 Å². The van der Waals surface area contributed by atoms with Crippen LogP contribution in [0.3, 0.4) is 0 Å². The number of halogens is 2. The number of hydrogen-bond donors (Lipinski definition) is 2. The van der Waals surface area contributed by atoms with Gasteiger partial charge in [0.25, 0.3) is 0 Å². The Labute approximate surface area is 154 Å². The quantitative estimate of drug-likeness (QED) is 0.724. The molecule has 138 valence electrons. The first kappa shape index (κ1) is 17.2. The lowest BCUT2D eigenvalue weighted by Gasteiger charge is -2.09. The molecule has 0 unspecified atom stereocenters. The highest BCUT2D eigenvalue weighted by molar-refractivity contribution is 5.88. The molecule has 0 fully saturated rings. The Hall–Kier alpha value is -3.22. The number of carboxylic acid groups (broad SMARTS) is 1. The summed E-state index contributed by atoms with van der Waals surface area (Å²) < 4.78 is 29.3. The zero-order valence-corrected chi connectivity index (χ0v) is 14.4. The van der Waals surface area contributed by atoms with E-state index in [1.165, 1.54) is 24.3 Å². The summed E-state index contributed by atoms with van der Waals surface area (Å²) in [6.07, 6.45) is 2.57. The molecule has 0 spiro atoms. The number of hydrogen-bond acceptors (Lipinski definition) is 3. The van der Waals surface area contributed by atoms with E-state index in [0.717, 1.165) is 31.0 Å². The Bertz CT molecular complexity index is 1030. The second-order valence-electron chi connectivity index (χ2n) is 6.45. The second-order valence-corrected chi connectivity index (χ2v) is 6.45. The molecule has 1 aliphatic heterocycles. The van der Waals surface area contributed by atoms with Gasteiger partial charge in [-0.15, -0.1) is 0 Å². The molecule has 7 heteroatoms. The topological polar surface area (TPSA) is 67.1 Å². The van der Waals surface area contributed by atoms with Gasteiger partial charge in [0.15, 0.2) is 0 Å². The van der Waals surface area contributed by atoms with Crippen molar-refractivity contribution in [1.29, 1.82) is 0 Å². The molecule has 0 amide bonds. The van der Waals surface area contributed by atoms with Crippen LogP contribution in [0.1, 0.15) is 28.8 Å². The van der Waals surface area contributed by atoms with Crippen molar-refractivity contribution in [1.82, 2.24) is 9.78 Å². The van der Waals surface area contributed by atoms with Crippen molar-refractivity contribution >= 4 is 11.8 Å². The normalized spacial score (nSPS) is 13.6. The van der Waals surface area contributed by atoms with Crippen LogP contribution in [-0.2, 0) is 6.42 Å². The minimum Gasteiger partial charge on any atom is -0.478 e. The zero-order valence-electron chi connectivity index (χ0n) is 14.4. The van der Waals surface area contributed by atoms with Gasteiger partial charge in [-0.2, -0.15) is 5.10 Å². The van der Waals surface area contributed by atoms with Crippen molar-refractivity contribution in [2.45, 2.75) is 19.3 Å². The number of aromatic carboxylic acids is 1. The fourth-order valence-electron chi connectivity index (χ4n) is 3.36. The van der Waals surface area contributed by atoms with Crippen molar-refractivity contribution in [3.63, 3.8) is 0 Å². The largest absolute Gasteiger partial charge is 0.478 e. The lowest BCUT2D eigenvalue weighted by molar-refractivity contribution is 0.0697. The Kier molecular flexibility index (Phi) is 4.35. The number of nitrogens with one attached hydrogen (secondary N) is 1. The van der Waals surface area contributed by atoms with E-state index in [9.17, 15) is 18.7 Å². The van der Waals surface area contributed by atoms with Gasteiger partial charge in [-0.1, -0.05) is 6.07 Å². The van der Waals surface area contributed by atoms with Crippen molar-refractivity contribution < 1.29 is 18.7 Å². The predicted octanol–water partition coefficient (Wildman–Crippen LogP) is 4.26. The van der Waals surface area contributed by atoms with Crippen LogP contribution in [0.15, 0.2) is 42.5 Å². The second kappa shape index (κ2) is 6.83. The molecule has 0 atom stereocenters. The first-order valence-electron chi connectivity index (χ1n) is 8.69. The molecule has 1 aliphatic rings. The van der Waals surface area contributed by atoms with E-state index in [4.69, 9.17) is 0 Å². The van der Waals surface area contributed by atoms with Crippen LogP contribution in [-0.4, -0.2) is 27.4 Å². The number of aromatic nitrogens is 2. The van der Waals surface area contributed by atoms with Crippen molar-refractivity contribution in [3.05, 3.63) is 65.2 Å². The minimum absolute atomic E-state index is 0.139. The lowest BCUT2D eigenvalue weighted by atomic mass is 10.0. The number of benzene rings is 2. The average Bonchev–Trinajstić information content (AvgIpc) is 2.83. The molecule has 0 saturated carbocycles. The summed E-state index contributed by atoms with van der Waals surface area (Å²) in [5.74, 6) is -1.64. The minimum atomic E-state index is -1.03. The number of fused-ring (bicyclic) bond motifs is 1. The van der Waals surface area contributed by atoms with E-state index in [1.807, 2.05) is 0 Å². The lowest BCUT2D eigenvalue weighted by Crippen LogP contribution is -2.08. The summed E-state index contributed by atoms with van der Waals surface area (Å²) in [5.41, 5.74) is 2.22. The average molecular weight is 369 g/mol. The van der Waals surface area contributed by atoms with E-state index in [-0.39, 0.29) is 11.1 Å². The molecule has 2 N–H and O–H groups in total. The monoisotopic (exact) mass is 369 g/mol. The van der Waals surface area contributed by atoms with Gasteiger partial charge in [0.05, 0.1) is 11.3 Å².